The van der Waals surface area contributed by atoms with Crippen LogP contribution in [0.2, 0.25) is 0 Å². The van der Waals surface area contributed by atoms with Crippen molar-refractivity contribution in [1.29, 1.82) is 0 Å². The Hall–Kier alpha value is -2.47. The first kappa shape index (κ1) is 15.1. The van der Waals surface area contributed by atoms with Gasteiger partial charge < -0.3 is 10.6 Å². The van der Waals surface area contributed by atoms with Crippen molar-refractivity contribution in [2.75, 3.05) is 24.5 Å². The highest BCUT2D eigenvalue weighted by atomic mass is 15.2. The minimum absolute atomic E-state index is 0.0606. The van der Waals surface area contributed by atoms with Crippen LogP contribution in [0.3, 0.4) is 0 Å². The molecule has 0 saturated carbocycles. The van der Waals surface area contributed by atoms with E-state index in [1.165, 1.54) is 11.1 Å². The molecule has 6 nitrogen and oxygen atoms in total. The summed E-state index contributed by atoms with van der Waals surface area (Å²) in [5, 5.41) is 7.98. The van der Waals surface area contributed by atoms with Gasteiger partial charge in [-0.3, -0.25) is 5.10 Å². The number of aromatic nitrogens is 4. The molecule has 1 aliphatic rings. The van der Waals surface area contributed by atoms with Crippen molar-refractivity contribution in [3.05, 3.63) is 47.9 Å². The molecule has 2 aromatic heterocycles. The number of rotatable bonds is 3. The lowest BCUT2D eigenvalue weighted by Gasteiger charge is -2.42. The van der Waals surface area contributed by atoms with E-state index < -0.39 is 0 Å². The van der Waals surface area contributed by atoms with E-state index in [1.807, 2.05) is 0 Å². The maximum atomic E-state index is 6.22. The Morgan fingerprint density at radius 2 is 2.08 bits per heavy atom. The smallest absolute Gasteiger partial charge is 0.160 e. The first-order chi connectivity index (χ1) is 11.7. The van der Waals surface area contributed by atoms with Gasteiger partial charge in [0.1, 0.15) is 12.1 Å². The molecule has 0 aliphatic carbocycles. The van der Waals surface area contributed by atoms with Crippen LogP contribution in [0.5, 0.6) is 0 Å². The summed E-state index contributed by atoms with van der Waals surface area (Å²) in [4.78, 5) is 11.0. The number of piperidine rings is 1. The lowest BCUT2D eigenvalue weighted by molar-refractivity contribution is 0.339. The number of H-pyrrole nitrogens is 1. The molecule has 0 spiro atoms. The van der Waals surface area contributed by atoms with Crippen LogP contribution in [0.4, 0.5) is 5.82 Å². The highest BCUT2D eigenvalue weighted by Crippen LogP contribution is 2.37. The molecule has 1 aromatic carbocycles. The molecule has 3 aromatic rings. The van der Waals surface area contributed by atoms with Gasteiger partial charge in [-0.2, -0.15) is 5.10 Å². The number of nitrogens with zero attached hydrogens (tertiary/aromatic N) is 4. The Balaban J connectivity index is 1.61. The fourth-order valence-electron chi connectivity index (χ4n) is 3.74. The van der Waals surface area contributed by atoms with Crippen LogP contribution in [0.1, 0.15) is 24.0 Å². The van der Waals surface area contributed by atoms with Crippen LogP contribution in [0.25, 0.3) is 11.0 Å². The number of hydrogen-bond donors (Lipinski definition) is 2. The molecule has 124 valence electrons. The zero-order valence-electron chi connectivity index (χ0n) is 13.9. The van der Waals surface area contributed by atoms with Crippen molar-refractivity contribution < 1.29 is 0 Å². The number of aryl methyl sites for hydroxylation is 1. The molecule has 3 heterocycles. The zero-order valence-corrected chi connectivity index (χ0v) is 13.9. The fraction of sp³-hybridized carbons (Fsp3) is 0.389. The van der Waals surface area contributed by atoms with Crippen molar-refractivity contribution in [2.45, 2.75) is 25.2 Å². The second-order valence-corrected chi connectivity index (χ2v) is 6.67. The summed E-state index contributed by atoms with van der Waals surface area (Å²) >= 11 is 0. The van der Waals surface area contributed by atoms with Crippen molar-refractivity contribution in [2.24, 2.45) is 5.73 Å². The predicted molar refractivity (Wildman–Crippen MR) is 95.0 cm³/mol. The van der Waals surface area contributed by atoms with Gasteiger partial charge in [0.15, 0.2) is 5.65 Å². The van der Waals surface area contributed by atoms with Crippen LogP contribution in [0, 0.1) is 6.92 Å². The van der Waals surface area contributed by atoms with Crippen LogP contribution < -0.4 is 10.6 Å². The average Bonchev–Trinajstić information content (AvgIpc) is 3.10. The molecule has 0 atom stereocenters. The average molecular weight is 322 g/mol. The van der Waals surface area contributed by atoms with Gasteiger partial charge in [0.05, 0.1) is 11.6 Å². The predicted octanol–water partition coefficient (Wildman–Crippen LogP) is 2.16. The zero-order chi connectivity index (χ0) is 16.6. The first-order valence-electron chi connectivity index (χ1n) is 8.38. The lowest BCUT2D eigenvalue weighted by atomic mass is 9.72. The largest absolute Gasteiger partial charge is 0.356 e. The van der Waals surface area contributed by atoms with E-state index in [2.05, 4.69) is 56.3 Å². The number of hydrogen-bond acceptors (Lipinski definition) is 5. The Kier molecular flexibility index (Phi) is 3.69. The maximum absolute atomic E-state index is 6.22. The van der Waals surface area contributed by atoms with Crippen LogP contribution in [-0.4, -0.2) is 39.8 Å². The third-order valence-electron chi connectivity index (χ3n) is 5.27. The van der Waals surface area contributed by atoms with Crippen LogP contribution in [0.15, 0.2) is 36.8 Å². The molecule has 0 radical (unpaired) electrons. The van der Waals surface area contributed by atoms with Crippen LogP contribution >= 0.6 is 0 Å². The number of nitrogens with one attached hydrogen (secondary N) is 1. The summed E-state index contributed by atoms with van der Waals surface area (Å²) in [5.41, 5.74) is 9.72. The highest BCUT2D eigenvalue weighted by Gasteiger charge is 2.35. The van der Waals surface area contributed by atoms with Gasteiger partial charge in [-0.15, -0.1) is 0 Å². The number of fused-ring (bicyclic) bond motifs is 1. The maximum Gasteiger partial charge on any atom is 0.160 e. The van der Waals surface area contributed by atoms with E-state index in [1.54, 1.807) is 12.5 Å². The summed E-state index contributed by atoms with van der Waals surface area (Å²) in [5.74, 6) is 0.962. The summed E-state index contributed by atoms with van der Waals surface area (Å²) in [6, 6.07) is 8.77. The van der Waals surface area contributed by atoms with Gasteiger partial charge >= 0.3 is 0 Å². The fourth-order valence-corrected chi connectivity index (χ4v) is 3.74. The molecule has 0 bridgehead atoms. The number of anilines is 1. The van der Waals surface area contributed by atoms with Crippen molar-refractivity contribution in [3.8, 4) is 0 Å². The molecule has 1 saturated heterocycles. The summed E-state index contributed by atoms with van der Waals surface area (Å²) < 4.78 is 0. The van der Waals surface area contributed by atoms with Gasteiger partial charge in [0, 0.05) is 25.0 Å². The molecular formula is C18H22N6. The molecule has 0 unspecified atom stereocenters. The third kappa shape index (κ3) is 2.43. The van der Waals surface area contributed by atoms with Gasteiger partial charge in [-0.25, -0.2) is 9.97 Å². The summed E-state index contributed by atoms with van der Waals surface area (Å²) in [7, 11) is 0. The standard InChI is InChI=1S/C18H22N6/c1-13-3-2-4-14(9-13)18(11-19)5-7-24(8-6-18)17-15-10-22-23-16(15)20-12-21-17/h2-4,9-10,12H,5-8,11,19H2,1H3,(H,20,21,22,23). The SMILES string of the molecule is Cc1cccc(C2(CN)CCN(c3ncnc4[nH]ncc34)CC2)c1. The minimum atomic E-state index is 0.0606. The summed E-state index contributed by atoms with van der Waals surface area (Å²) in [6.07, 6.45) is 5.45. The van der Waals surface area contributed by atoms with E-state index >= 15 is 0 Å². The first-order valence-corrected chi connectivity index (χ1v) is 8.38. The van der Waals surface area contributed by atoms with E-state index in [4.69, 9.17) is 5.73 Å². The molecule has 6 heteroatoms. The summed E-state index contributed by atoms with van der Waals surface area (Å²) in [6.45, 7) is 4.68. The quantitative estimate of drug-likeness (QED) is 0.772. The molecule has 0 amide bonds. The van der Waals surface area contributed by atoms with Crippen molar-refractivity contribution >= 4 is 16.9 Å². The molecule has 1 aliphatic heterocycles. The van der Waals surface area contributed by atoms with Gasteiger partial charge in [0.2, 0.25) is 0 Å². The van der Waals surface area contributed by atoms with Crippen LogP contribution in [-0.2, 0) is 5.41 Å². The van der Waals surface area contributed by atoms with E-state index in [0.29, 0.717) is 6.54 Å². The molecule has 4 rings (SSSR count). The van der Waals surface area contributed by atoms with Crippen molar-refractivity contribution in [3.63, 3.8) is 0 Å². The van der Waals surface area contributed by atoms with E-state index in [9.17, 15) is 0 Å². The molecule has 3 N–H and O–H groups in total. The van der Waals surface area contributed by atoms with Crippen molar-refractivity contribution in [1.82, 2.24) is 20.2 Å². The topological polar surface area (TPSA) is 83.7 Å². The Bertz CT molecular complexity index is 847. The molecular weight excluding hydrogens is 300 g/mol. The Morgan fingerprint density at radius 3 is 2.83 bits per heavy atom. The van der Waals surface area contributed by atoms with E-state index in [0.717, 1.165) is 42.8 Å². The number of benzene rings is 1. The normalized spacial score (nSPS) is 17.3. The highest BCUT2D eigenvalue weighted by molar-refractivity contribution is 5.86. The second-order valence-electron chi connectivity index (χ2n) is 6.67. The van der Waals surface area contributed by atoms with Gasteiger partial charge in [-0.1, -0.05) is 29.8 Å². The third-order valence-corrected chi connectivity index (χ3v) is 5.27. The molecule has 1 fully saturated rings. The van der Waals surface area contributed by atoms with Gasteiger partial charge in [-0.05, 0) is 25.3 Å². The Labute approximate surface area is 141 Å². The van der Waals surface area contributed by atoms with Gasteiger partial charge in [0.25, 0.3) is 0 Å². The van der Waals surface area contributed by atoms with E-state index in [-0.39, 0.29) is 5.41 Å². The monoisotopic (exact) mass is 322 g/mol. The Morgan fingerprint density at radius 1 is 1.25 bits per heavy atom. The minimum Gasteiger partial charge on any atom is -0.356 e. The lowest BCUT2D eigenvalue weighted by Crippen LogP contribution is -2.47. The number of aromatic amines is 1. The second kappa shape index (κ2) is 5.87. The number of nitrogens with two attached hydrogens (primary N) is 1. The molecule has 24 heavy (non-hydrogen) atoms.